The van der Waals surface area contributed by atoms with Crippen LogP contribution in [-0.2, 0) is 20.7 Å². The van der Waals surface area contributed by atoms with Crippen LogP contribution in [0.3, 0.4) is 0 Å². The Morgan fingerprint density at radius 2 is 1.80 bits per heavy atom. The SMILES string of the molecule is Cl.Cl.NCCN(CCc1ccccc1)C(=O)C1CC(=O)N(CCN2CCOCC2)C1. The number of amides is 2. The van der Waals surface area contributed by atoms with E-state index in [0.29, 0.717) is 39.1 Å². The molecule has 2 N–H and O–H groups in total. The molecule has 2 fully saturated rings. The Hall–Kier alpha value is -1.38. The number of nitrogens with zero attached hydrogens (tertiary/aromatic N) is 3. The summed E-state index contributed by atoms with van der Waals surface area (Å²) in [5.41, 5.74) is 6.93. The second-order valence-electron chi connectivity index (χ2n) is 7.54. The monoisotopic (exact) mass is 460 g/mol. The average molecular weight is 461 g/mol. The van der Waals surface area contributed by atoms with Gasteiger partial charge in [-0.15, -0.1) is 24.8 Å². The number of morpholine rings is 1. The van der Waals surface area contributed by atoms with E-state index in [-0.39, 0.29) is 42.5 Å². The highest BCUT2D eigenvalue weighted by Crippen LogP contribution is 2.20. The molecule has 1 unspecified atom stereocenters. The van der Waals surface area contributed by atoms with Crippen LogP contribution in [0.1, 0.15) is 12.0 Å². The van der Waals surface area contributed by atoms with E-state index < -0.39 is 0 Å². The van der Waals surface area contributed by atoms with E-state index in [1.54, 1.807) is 0 Å². The summed E-state index contributed by atoms with van der Waals surface area (Å²) in [6.45, 7) is 6.98. The number of carbonyl (C=O) groups excluding carboxylic acids is 2. The molecule has 9 heteroatoms. The third-order valence-electron chi connectivity index (χ3n) is 5.58. The molecule has 2 saturated heterocycles. The van der Waals surface area contributed by atoms with Gasteiger partial charge in [-0.25, -0.2) is 0 Å². The number of ether oxygens (including phenoxy) is 1. The highest BCUT2D eigenvalue weighted by molar-refractivity contribution is 5.89. The summed E-state index contributed by atoms with van der Waals surface area (Å²) in [5, 5.41) is 0. The zero-order chi connectivity index (χ0) is 19.8. The van der Waals surface area contributed by atoms with Crippen molar-refractivity contribution in [2.45, 2.75) is 12.8 Å². The predicted octanol–water partition coefficient (Wildman–Crippen LogP) is 1.04. The lowest BCUT2D eigenvalue weighted by molar-refractivity contribution is -0.135. The molecule has 0 bridgehead atoms. The number of benzene rings is 1. The Morgan fingerprint density at radius 3 is 2.47 bits per heavy atom. The van der Waals surface area contributed by atoms with Gasteiger partial charge in [0.25, 0.3) is 0 Å². The Kier molecular flexibility index (Phi) is 12.3. The average Bonchev–Trinajstić information content (AvgIpc) is 3.11. The normalized spacial score (nSPS) is 19.2. The van der Waals surface area contributed by atoms with Crippen LogP contribution in [0.15, 0.2) is 30.3 Å². The van der Waals surface area contributed by atoms with Crippen molar-refractivity contribution in [3.63, 3.8) is 0 Å². The molecular formula is C21H34Cl2N4O3. The molecule has 2 amide bonds. The smallest absolute Gasteiger partial charge is 0.228 e. The summed E-state index contributed by atoms with van der Waals surface area (Å²) in [6.07, 6.45) is 1.11. The van der Waals surface area contributed by atoms with Crippen LogP contribution in [0, 0.1) is 5.92 Å². The summed E-state index contributed by atoms with van der Waals surface area (Å²) in [4.78, 5) is 31.4. The fourth-order valence-corrected chi connectivity index (χ4v) is 3.90. The summed E-state index contributed by atoms with van der Waals surface area (Å²) >= 11 is 0. The molecule has 0 radical (unpaired) electrons. The molecule has 0 aromatic heterocycles. The topological polar surface area (TPSA) is 79.1 Å². The first kappa shape index (κ1) is 26.7. The number of likely N-dealkylation sites (tertiary alicyclic amines) is 1. The van der Waals surface area contributed by atoms with Gasteiger partial charge >= 0.3 is 0 Å². The highest BCUT2D eigenvalue weighted by atomic mass is 35.5. The van der Waals surface area contributed by atoms with E-state index in [1.807, 2.05) is 28.0 Å². The lowest BCUT2D eigenvalue weighted by Gasteiger charge is -2.29. The Morgan fingerprint density at radius 1 is 1.10 bits per heavy atom. The Labute approximate surface area is 191 Å². The zero-order valence-corrected chi connectivity index (χ0v) is 19.0. The summed E-state index contributed by atoms with van der Waals surface area (Å²) in [5.74, 6) is -0.106. The van der Waals surface area contributed by atoms with Crippen LogP contribution >= 0.6 is 24.8 Å². The minimum atomic E-state index is -0.250. The quantitative estimate of drug-likeness (QED) is 0.595. The number of hydrogen-bond donors (Lipinski definition) is 1. The van der Waals surface area contributed by atoms with Crippen molar-refractivity contribution in [3.05, 3.63) is 35.9 Å². The maximum atomic E-state index is 13.0. The van der Waals surface area contributed by atoms with E-state index in [0.717, 1.165) is 39.3 Å². The van der Waals surface area contributed by atoms with E-state index in [2.05, 4.69) is 17.0 Å². The van der Waals surface area contributed by atoms with E-state index in [1.165, 1.54) is 5.56 Å². The Balaban J connectivity index is 0.00000225. The van der Waals surface area contributed by atoms with Crippen LogP contribution in [0.2, 0.25) is 0 Å². The fourth-order valence-electron chi connectivity index (χ4n) is 3.90. The molecule has 1 aromatic carbocycles. The first-order valence-corrected chi connectivity index (χ1v) is 10.3. The van der Waals surface area contributed by atoms with Crippen LogP contribution in [0.4, 0.5) is 0 Å². The molecule has 0 aliphatic carbocycles. The summed E-state index contributed by atoms with van der Waals surface area (Å²) in [7, 11) is 0. The van der Waals surface area contributed by atoms with E-state index in [9.17, 15) is 9.59 Å². The van der Waals surface area contributed by atoms with Gasteiger partial charge in [-0.2, -0.15) is 0 Å². The van der Waals surface area contributed by atoms with Crippen molar-refractivity contribution in [2.24, 2.45) is 11.7 Å². The predicted molar refractivity (Wildman–Crippen MR) is 122 cm³/mol. The van der Waals surface area contributed by atoms with Gasteiger partial charge in [0.05, 0.1) is 19.1 Å². The van der Waals surface area contributed by atoms with Crippen molar-refractivity contribution < 1.29 is 14.3 Å². The van der Waals surface area contributed by atoms with Gasteiger partial charge in [-0.1, -0.05) is 30.3 Å². The first-order valence-electron chi connectivity index (χ1n) is 10.3. The third kappa shape index (κ3) is 7.71. The number of carbonyl (C=O) groups is 2. The van der Waals surface area contributed by atoms with Crippen LogP contribution in [0.5, 0.6) is 0 Å². The number of nitrogens with two attached hydrogens (primary N) is 1. The van der Waals surface area contributed by atoms with Crippen molar-refractivity contribution in [2.75, 3.05) is 65.6 Å². The highest BCUT2D eigenvalue weighted by Gasteiger charge is 2.36. The molecule has 30 heavy (non-hydrogen) atoms. The second-order valence-corrected chi connectivity index (χ2v) is 7.54. The lowest BCUT2D eigenvalue weighted by atomic mass is 10.1. The maximum Gasteiger partial charge on any atom is 0.228 e. The van der Waals surface area contributed by atoms with Crippen LogP contribution in [-0.4, -0.2) is 92.1 Å². The van der Waals surface area contributed by atoms with Crippen molar-refractivity contribution in [1.29, 1.82) is 0 Å². The minimum absolute atomic E-state index is 0. The number of hydrogen-bond acceptors (Lipinski definition) is 5. The molecule has 2 aliphatic heterocycles. The minimum Gasteiger partial charge on any atom is -0.379 e. The van der Waals surface area contributed by atoms with Gasteiger partial charge in [-0.05, 0) is 12.0 Å². The third-order valence-corrected chi connectivity index (χ3v) is 5.58. The first-order chi connectivity index (χ1) is 13.7. The van der Waals surface area contributed by atoms with Crippen molar-refractivity contribution in [3.8, 4) is 0 Å². The standard InChI is InChI=1S/C21H32N4O3.2ClH/c22-7-9-24(8-6-18-4-2-1-3-5-18)21(27)19-16-20(26)25(17-19)11-10-23-12-14-28-15-13-23;;/h1-5,19H,6-17,22H2;2*1H. The lowest BCUT2D eigenvalue weighted by Crippen LogP contribution is -2.43. The molecule has 0 spiro atoms. The molecular weight excluding hydrogens is 427 g/mol. The molecule has 170 valence electrons. The summed E-state index contributed by atoms with van der Waals surface area (Å²) < 4.78 is 5.36. The van der Waals surface area contributed by atoms with Crippen molar-refractivity contribution in [1.82, 2.24) is 14.7 Å². The Bertz CT molecular complexity index is 644. The van der Waals surface area contributed by atoms with Gasteiger partial charge in [0.1, 0.15) is 0 Å². The second kappa shape index (κ2) is 13.8. The number of rotatable bonds is 9. The largest absolute Gasteiger partial charge is 0.379 e. The molecule has 3 rings (SSSR count). The molecule has 0 saturated carbocycles. The van der Waals surface area contributed by atoms with Gasteiger partial charge in [0.15, 0.2) is 0 Å². The summed E-state index contributed by atoms with van der Waals surface area (Å²) in [6, 6.07) is 10.1. The van der Waals surface area contributed by atoms with Crippen molar-refractivity contribution >= 4 is 36.6 Å². The van der Waals surface area contributed by atoms with Gasteiger partial charge < -0.3 is 20.3 Å². The molecule has 1 aromatic rings. The molecule has 7 nitrogen and oxygen atoms in total. The molecule has 2 aliphatic rings. The van der Waals surface area contributed by atoms with E-state index >= 15 is 0 Å². The van der Waals surface area contributed by atoms with Gasteiger partial charge in [0.2, 0.25) is 11.8 Å². The molecule has 1 atom stereocenters. The zero-order valence-electron chi connectivity index (χ0n) is 17.4. The van der Waals surface area contributed by atoms with Gasteiger partial charge in [-0.3, -0.25) is 14.5 Å². The van der Waals surface area contributed by atoms with Crippen LogP contribution in [0.25, 0.3) is 0 Å². The van der Waals surface area contributed by atoms with Gasteiger partial charge in [0, 0.05) is 58.8 Å². The van der Waals surface area contributed by atoms with E-state index in [4.69, 9.17) is 10.5 Å². The van der Waals surface area contributed by atoms with Crippen LogP contribution < -0.4 is 5.73 Å². The number of halogens is 2. The maximum absolute atomic E-state index is 13.0. The molecule has 2 heterocycles. The fraction of sp³-hybridized carbons (Fsp3) is 0.619.